The summed E-state index contributed by atoms with van der Waals surface area (Å²) in [5.41, 5.74) is 3.93. The van der Waals surface area contributed by atoms with Crippen molar-refractivity contribution in [2.45, 2.75) is 26.7 Å². The summed E-state index contributed by atoms with van der Waals surface area (Å²) in [5, 5.41) is 5.39. The normalized spacial score (nSPS) is 12.9. The Labute approximate surface area is 158 Å². The standard InChI is InChI=1S/C21H23N3O3/c1-14-9-10-17(12-18(14)23-15(2)25)21(27)22-13-20(26)24-11-5-7-16-6-3-4-8-19(16)24/h3-4,6,8-10,12H,5,7,11,13H2,1-2H3,(H,22,27)(H,23,25). The molecular weight excluding hydrogens is 342 g/mol. The molecule has 0 saturated carbocycles. The molecule has 27 heavy (non-hydrogen) atoms. The van der Waals surface area contributed by atoms with Crippen LogP contribution < -0.4 is 15.5 Å². The van der Waals surface area contributed by atoms with E-state index in [4.69, 9.17) is 0 Å². The lowest BCUT2D eigenvalue weighted by Crippen LogP contribution is -2.42. The highest BCUT2D eigenvalue weighted by atomic mass is 16.2. The van der Waals surface area contributed by atoms with Crippen molar-refractivity contribution >= 4 is 29.1 Å². The summed E-state index contributed by atoms with van der Waals surface area (Å²) in [5.74, 6) is -0.681. The van der Waals surface area contributed by atoms with E-state index in [0.29, 0.717) is 17.8 Å². The van der Waals surface area contributed by atoms with Gasteiger partial charge in [-0.25, -0.2) is 0 Å². The zero-order valence-electron chi connectivity index (χ0n) is 15.5. The van der Waals surface area contributed by atoms with Gasteiger partial charge in [0.15, 0.2) is 0 Å². The highest BCUT2D eigenvalue weighted by Crippen LogP contribution is 2.26. The first-order valence-electron chi connectivity index (χ1n) is 9.00. The van der Waals surface area contributed by atoms with Crippen molar-refractivity contribution in [3.8, 4) is 0 Å². The van der Waals surface area contributed by atoms with Gasteiger partial charge < -0.3 is 15.5 Å². The molecule has 3 amide bonds. The second kappa shape index (κ2) is 8.03. The van der Waals surface area contributed by atoms with Gasteiger partial charge in [0.2, 0.25) is 11.8 Å². The molecule has 1 aliphatic heterocycles. The van der Waals surface area contributed by atoms with E-state index in [-0.39, 0.29) is 24.3 Å². The van der Waals surface area contributed by atoms with E-state index < -0.39 is 0 Å². The molecule has 1 aliphatic rings. The molecule has 0 aliphatic carbocycles. The highest BCUT2D eigenvalue weighted by Gasteiger charge is 2.22. The number of amides is 3. The molecule has 2 aromatic carbocycles. The highest BCUT2D eigenvalue weighted by molar-refractivity contribution is 6.02. The Hall–Kier alpha value is -3.15. The summed E-state index contributed by atoms with van der Waals surface area (Å²) < 4.78 is 0. The maximum Gasteiger partial charge on any atom is 0.251 e. The van der Waals surface area contributed by atoms with Crippen LogP contribution in [0.2, 0.25) is 0 Å². The van der Waals surface area contributed by atoms with Gasteiger partial charge in [-0.3, -0.25) is 14.4 Å². The van der Waals surface area contributed by atoms with Gasteiger partial charge in [-0.05, 0) is 49.1 Å². The minimum Gasteiger partial charge on any atom is -0.343 e. The molecule has 140 valence electrons. The number of hydrogen-bond donors (Lipinski definition) is 2. The fraction of sp³-hybridized carbons (Fsp3) is 0.286. The van der Waals surface area contributed by atoms with Crippen LogP contribution in [-0.4, -0.2) is 30.8 Å². The summed E-state index contributed by atoms with van der Waals surface area (Å²) in [6.45, 7) is 3.85. The lowest BCUT2D eigenvalue weighted by molar-refractivity contribution is -0.117. The van der Waals surface area contributed by atoms with Gasteiger partial charge >= 0.3 is 0 Å². The Balaban J connectivity index is 1.66. The monoisotopic (exact) mass is 365 g/mol. The largest absolute Gasteiger partial charge is 0.343 e. The lowest BCUT2D eigenvalue weighted by atomic mass is 10.0. The molecular formula is C21H23N3O3. The summed E-state index contributed by atoms with van der Waals surface area (Å²) in [6.07, 6.45) is 1.87. The number of rotatable bonds is 4. The first-order valence-corrected chi connectivity index (χ1v) is 9.00. The molecule has 0 spiro atoms. The van der Waals surface area contributed by atoms with Gasteiger partial charge in [0.25, 0.3) is 5.91 Å². The van der Waals surface area contributed by atoms with E-state index in [9.17, 15) is 14.4 Å². The Morgan fingerprint density at radius 2 is 1.89 bits per heavy atom. The van der Waals surface area contributed by atoms with Crippen LogP contribution >= 0.6 is 0 Å². The summed E-state index contributed by atoms with van der Waals surface area (Å²) >= 11 is 0. The fourth-order valence-electron chi connectivity index (χ4n) is 3.23. The van der Waals surface area contributed by atoms with Crippen LogP contribution in [-0.2, 0) is 16.0 Å². The zero-order chi connectivity index (χ0) is 19.4. The van der Waals surface area contributed by atoms with Crippen molar-refractivity contribution in [2.75, 3.05) is 23.3 Å². The number of anilines is 2. The van der Waals surface area contributed by atoms with Crippen molar-refractivity contribution < 1.29 is 14.4 Å². The molecule has 2 aromatic rings. The van der Waals surface area contributed by atoms with Gasteiger partial charge in [-0.2, -0.15) is 0 Å². The number of aryl methyl sites for hydroxylation is 2. The van der Waals surface area contributed by atoms with Crippen LogP contribution in [0.3, 0.4) is 0 Å². The van der Waals surface area contributed by atoms with Crippen LogP contribution in [0.1, 0.15) is 34.8 Å². The molecule has 3 rings (SSSR count). The number of benzene rings is 2. The van der Waals surface area contributed by atoms with Crippen molar-refractivity contribution in [1.82, 2.24) is 5.32 Å². The second-order valence-corrected chi connectivity index (χ2v) is 6.67. The molecule has 0 aromatic heterocycles. The number of carbonyl (C=O) groups excluding carboxylic acids is 3. The van der Waals surface area contributed by atoms with Gasteiger partial charge in [0, 0.05) is 30.4 Å². The van der Waals surface area contributed by atoms with Crippen molar-refractivity contribution in [1.29, 1.82) is 0 Å². The third-order valence-electron chi connectivity index (χ3n) is 4.62. The van der Waals surface area contributed by atoms with Gasteiger partial charge in [-0.1, -0.05) is 24.3 Å². The van der Waals surface area contributed by atoms with E-state index in [1.165, 1.54) is 6.92 Å². The maximum atomic E-state index is 12.6. The predicted molar refractivity (Wildman–Crippen MR) is 105 cm³/mol. The molecule has 1 heterocycles. The molecule has 2 N–H and O–H groups in total. The Morgan fingerprint density at radius 3 is 2.67 bits per heavy atom. The van der Waals surface area contributed by atoms with E-state index >= 15 is 0 Å². The molecule has 0 saturated heterocycles. The van der Waals surface area contributed by atoms with Gasteiger partial charge in [0.05, 0.1) is 6.54 Å². The molecule has 6 heteroatoms. The number of carbonyl (C=O) groups is 3. The van der Waals surface area contributed by atoms with E-state index in [0.717, 1.165) is 29.7 Å². The Morgan fingerprint density at radius 1 is 1.11 bits per heavy atom. The summed E-state index contributed by atoms with van der Waals surface area (Å²) in [6, 6.07) is 12.9. The van der Waals surface area contributed by atoms with Crippen LogP contribution in [0.15, 0.2) is 42.5 Å². The lowest BCUT2D eigenvalue weighted by Gasteiger charge is -2.29. The Kier molecular flexibility index (Phi) is 5.54. The topological polar surface area (TPSA) is 78.5 Å². The average molecular weight is 365 g/mol. The fourth-order valence-corrected chi connectivity index (χ4v) is 3.23. The van der Waals surface area contributed by atoms with E-state index in [1.807, 2.05) is 31.2 Å². The molecule has 0 radical (unpaired) electrons. The molecule has 0 unspecified atom stereocenters. The average Bonchev–Trinajstić information content (AvgIpc) is 2.66. The molecule has 0 fully saturated rings. The maximum absolute atomic E-state index is 12.6. The minimum absolute atomic E-state index is 0.0729. The van der Waals surface area contributed by atoms with E-state index in [2.05, 4.69) is 10.6 Å². The number of hydrogen-bond acceptors (Lipinski definition) is 3. The number of para-hydroxylation sites is 1. The third kappa shape index (κ3) is 4.34. The predicted octanol–water partition coefficient (Wildman–Crippen LogP) is 2.66. The van der Waals surface area contributed by atoms with Crippen molar-refractivity contribution in [3.05, 3.63) is 59.2 Å². The van der Waals surface area contributed by atoms with E-state index in [1.54, 1.807) is 23.1 Å². The first-order chi connectivity index (χ1) is 13.0. The summed E-state index contributed by atoms with van der Waals surface area (Å²) in [4.78, 5) is 38.1. The zero-order valence-corrected chi connectivity index (χ0v) is 15.5. The minimum atomic E-state index is -0.347. The van der Waals surface area contributed by atoms with Crippen LogP contribution in [0.4, 0.5) is 11.4 Å². The van der Waals surface area contributed by atoms with Gasteiger partial charge in [0.1, 0.15) is 0 Å². The number of fused-ring (bicyclic) bond motifs is 1. The van der Waals surface area contributed by atoms with Crippen molar-refractivity contribution in [2.24, 2.45) is 0 Å². The van der Waals surface area contributed by atoms with Crippen LogP contribution in [0, 0.1) is 6.92 Å². The molecule has 0 bridgehead atoms. The first kappa shape index (κ1) is 18.6. The summed E-state index contributed by atoms with van der Waals surface area (Å²) in [7, 11) is 0. The molecule has 6 nitrogen and oxygen atoms in total. The second-order valence-electron chi connectivity index (χ2n) is 6.67. The molecule has 0 atom stereocenters. The van der Waals surface area contributed by atoms with Crippen molar-refractivity contribution in [3.63, 3.8) is 0 Å². The smallest absolute Gasteiger partial charge is 0.251 e. The van der Waals surface area contributed by atoms with Crippen LogP contribution in [0.25, 0.3) is 0 Å². The quantitative estimate of drug-likeness (QED) is 0.874. The van der Waals surface area contributed by atoms with Gasteiger partial charge in [-0.15, -0.1) is 0 Å². The Bertz CT molecular complexity index is 892. The van der Waals surface area contributed by atoms with Crippen LogP contribution in [0.5, 0.6) is 0 Å². The SMILES string of the molecule is CC(=O)Nc1cc(C(=O)NCC(=O)N2CCCc3ccccc32)ccc1C. The third-order valence-corrected chi connectivity index (χ3v) is 4.62. The number of nitrogens with one attached hydrogen (secondary N) is 2. The number of nitrogens with zero attached hydrogens (tertiary/aromatic N) is 1.